The molecule has 0 aromatic heterocycles. The summed E-state index contributed by atoms with van der Waals surface area (Å²) >= 11 is 3.49. The van der Waals surface area contributed by atoms with Gasteiger partial charge in [0.25, 0.3) is 0 Å². The lowest BCUT2D eigenvalue weighted by molar-refractivity contribution is -0.242. The van der Waals surface area contributed by atoms with Gasteiger partial charge >= 0.3 is 17.9 Å². The molecule has 0 aromatic carbocycles. The van der Waals surface area contributed by atoms with Gasteiger partial charge in [0.05, 0.1) is 11.4 Å². The van der Waals surface area contributed by atoms with E-state index < -0.39 is 47.6 Å². The zero-order valence-electron chi connectivity index (χ0n) is 14.9. The van der Waals surface area contributed by atoms with Gasteiger partial charge in [0, 0.05) is 20.8 Å². The van der Waals surface area contributed by atoms with Crippen LogP contribution < -0.4 is 0 Å². The molecule has 0 aromatic rings. The molecule has 5 atom stereocenters. The van der Waals surface area contributed by atoms with Crippen LogP contribution in [0.25, 0.3) is 0 Å². The van der Waals surface area contributed by atoms with Crippen LogP contribution in [0.15, 0.2) is 0 Å². The van der Waals surface area contributed by atoms with Crippen molar-refractivity contribution in [2.45, 2.75) is 75.6 Å². The van der Waals surface area contributed by atoms with Crippen LogP contribution in [0.3, 0.4) is 0 Å². The summed E-state index contributed by atoms with van der Waals surface area (Å²) in [6.07, 6.45) is -2.50. The predicted molar refractivity (Wildman–Crippen MR) is 87.8 cm³/mol. The Morgan fingerprint density at radius 1 is 0.960 bits per heavy atom. The third kappa shape index (κ3) is 4.51. The van der Waals surface area contributed by atoms with Crippen LogP contribution >= 0.6 is 15.9 Å². The second-order valence-corrected chi connectivity index (χ2v) is 7.93. The standard InChI is InChI=1S/C16H23BrO8/c1-8(18)22-12-11(17)6-16(7-21-15(4,5)25-16)14(24-10(3)20)13(12)23-9(2)19/h11-14H,6-7H2,1-5H3/t11-,12+,13-,14+,16+/m1/s1. The number of ether oxygens (including phenoxy) is 5. The van der Waals surface area contributed by atoms with Crippen LogP contribution in [-0.2, 0) is 38.1 Å². The number of esters is 3. The molecule has 25 heavy (non-hydrogen) atoms. The smallest absolute Gasteiger partial charge is 0.303 e. The molecule has 8 nitrogen and oxygen atoms in total. The maximum Gasteiger partial charge on any atom is 0.303 e. The van der Waals surface area contributed by atoms with E-state index in [4.69, 9.17) is 23.7 Å². The number of halogens is 1. The first-order valence-corrected chi connectivity index (χ1v) is 8.87. The van der Waals surface area contributed by atoms with Crippen molar-refractivity contribution in [3.8, 4) is 0 Å². The van der Waals surface area contributed by atoms with Gasteiger partial charge in [0.2, 0.25) is 0 Å². The van der Waals surface area contributed by atoms with Gasteiger partial charge in [-0.25, -0.2) is 0 Å². The Kier molecular flexibility index (Phi) is 5.80. The van der Waals surface area contributed by atoms with Crippen LogP contribution in [0.1, 0.15) is 41.0 Å². The molecule has 9 heteroatoms. The Bertz CT molecular complexity index is 562. The number of carbonyl (C=O) groups excluding carboxylic acids is 3. The molecule has 2 fully saturated rings. The van der Waals surface area contributed by atoms with Crippen LogP contribution in [0, 0.1) is 0 Å². The highest BCUT2D eigenvalue weighted by molar-refractivity contribution is 9.09. The molecule has 1 aliphatic heterocycles. The van der Waals surface area contributed by atoms with Crippen molar-refractivity contribution in [3.05, 3.63) is 0 Å². The van der Waals surface area contributed by atoms with Crippen molar-refractivity contribution < 1.29 is 38.1 Å². The predicted octanol–water partition coefficient (Wildman–Crippen LogP) is 1.47. The summed E-state index contributed by atoms with van der Waals surface area (Å²) in [6, 6.07) is 0. The summed E-state index contributed by atoms with van der Waals surface area (Å²) in [5.41, 5.74) is -1.03. The summed E-state index contributed by atoms with van der Waals surface area (Å²) in [5, 5.41) is 0. The molecule has 1 spiro atoms. The van der Waals surface area contributed by atoms with Crippen molar-refractivity contribution in [1.82, 2.24) is 0 Å². The molecule has 1 aliphatic carbocycles. The number of alkyl halides is 1. The second kappa shape index (κ2) is 7.20. The summed E-state index contributed by atoms with van der Waals surface area (Å²) < 4.78 is 27.9. The van der Waals surface area contributed by atoms with E-state index in [2.05, 4.69) is 15.9 Å². The third-order valence-corrected chi connectivity index (χ3v) is 4.89. The van der Waals surface area contributed by atoms with Crippen LogP contribution in [0.2, 0.25) is 0 Å². The first-order valence-electron chi connectivity index (χ1n) is 7.96. The Balaban J connectivity index is 2.44. The summed E-state index contributed by atoms with van der Waals surface area (Å²) in [7, 11) is 0. The van der Waals surface area contributed by atoms with Crippen molar-refractivity contribution in [2.75, 3.05) is 6.61 Å². The topological polar surface area (TPSA) is 97.4 Å². The molecule has 142 valence electrons. The average Bonchev–Trinajstić information content (AvgIpc) is 2.74. The van der Waals surface area contributed by atoms with Gasteiger partial charge < -0.3 is 23.7 Å². The SMILES string of the molecule is CC(=O)O[C@@H]1[C@@H](OC(C)=O)[C@H](OC(C)=O)[C@@]2(COC(C)(C)O2)C[C@H]1Br. The minimum atomic E-state index is -1.03. The van der Waals surface area contributed by atoms with Crippen LogP contribution in [-0.4, -0.2) is 59.0 Å². The fraction of sp³-hybridized carbons (Fsp3) is 0.812. The summed E-state index contributed by atoms with van der Waals surface area (Å²) in [6.45, 7) is 7.37. The number of rotatable bonds is 3. The molecule has 0 amide bonds. The fourth-order valence-corrected chi connectivity index (χ4v) is 4.29. The minimum Gasteiger partial charge on any atom is -0.457 e. The molecular formula is C16H23BrO8. The van der Waals surface area contributed by atoms with Gasteiger partial charge in [0.15, 0.2) is 24.1 Å². The Labute approximate surface area is 154 Å². The first kappa shape index (κ1) is 20.1. The van der Waals surface area contributed by atoms with E-state index in [1.165, 1.54) is 20.8 Å². The fourth-order valence-electron chi connectivity index (χ4n) is 3.33. The molecule has 0 unspecified atom stereocenters. The molecule has 0 radical (unpaired) electrons. The normalized spacial score (nSPS) is 36.7. The van der Waals surface area contributed by atoms with Crippen molar-refractivity contribution in [3.63, 3.8) is 0 Å². The number of hydrogen-bond donors (Lipinski definition) is 0. The van der Waals surface area contributed by atoms with Gasteiger partial charge in [-0.1, -0.05) is 15.9 Å². The van der Waals surface area contributed by atoms with E-state index in [-0.39, 0.29) is 11.4 Å². The molecule has 0 bridgehead atoms. The number of hydrogen-bond acceptors (Lipinski definition) is 8. The Morgan fingerprint density at radius 3 is 1.92 bits per heavy atom. The summed E-state index contributed by atoms with van der Waals surface area (Å²) in [4.78, 5) is 34.4. The highest BCUT2D eigenvalue weighted by Gasteiger charge is 2.63. The third-order valence-electron chi connectivity index (χ3n) is 4.05. The molecule has 1 heterocycles. The van der Waals surface area contributed by atoms with Gasteiger partial charge in [-0.3, -0.25) is 14.4 Å². The van der Waals surface area contributed by atoms with Gasteiger partial charge in [-0.05, 0) is 20.3 Å². The Morgan fingerprint density at radius 2 is 1.48 bits per heavy atom. The highest BCUT2D eigenvalue weighted by atomic mass is 79.9. The maximum absolute atomic E-state index is 11.7. The lowest BCUT2D eigenvalue weighted by atomic mass is 9.78. The highest BCUT2D eigenvalue weighted by Crippen LogP contribution is 2.46. The van der Waals surface area contributed by atoms with E-state index in [1.54, 1.807) is 13.8 Å². The first-order chi connectivity index (χ1) is 11.5. The van der Waals surface area contributed by atoms with Crippen molar-refractivity contribution in [1.29, 1.82) is 0 Å². The zero-order chi connectivity index (χ0) is 19.0. The van der Waals surface area contributed by atoms with E-state index >= 15 is 0 Å². The minimum absolute atomic E-state index is 0.143. The molecular weight excluding hydrogens is 400 g/mol. The lowest BCUT2D eigenvalue weighted by Crippen LogP contribution is -2.65. The van der Waals surface area contributed by atoms with Gasteiger partial charge in [-0.2, -0.15) is 0 Å². The monoisotopic (exact) mass is 422 g/mol. The van der Waals surface area contributed by atoms with Gasteiger partial charge in [-0.15, -0.1) is 0 Å². The van der Waals surface area contributed by atoms with Crippen LogP contribution in [0.5, 0.6) is 0 Å². The largest absolute Gasteiger partial charge is 0.457 e. The molecule has 1 saturated heterocycles. The van der Waals surface area contributed by atoms with Crippen molar-refractivity contribution in [2.24, 2.45) is 0 Å². The van der Waals surface area contributed by atoms with E-state index in [0.717, 1.165) is 0 Å². The quantitative estimate of drug-likeness (QED) is 0.383. The molecule has 1 saturated carbocycles. The van der Waals surface area contributed by atoms with Crippen LogP contribution in [0.4, 0.5) is 0 Å². The van der Waals surface area contributed by atoms with Gasteiger partial charge in [0.1, 0.15) is 5.60 Å². The molecule has 2 aliphatic rings. The van der Waals surface area contributed by atoms with Crippen molar-refractivity contribution >= 4 is 33.8 Å². The number of carbonyl (C=O) groups is 3. The Hall–Kier alpha value is -1.19. The van der Waals surface area contributed by atoms with E-state index in [0.29, 0.717) is 6.42 Å². The van der Waals surface area contributed by atoms with E-state index in [9.17, 15) is 14.4 Å². The summed E-state index contributed by atoms with van der Waals surface area (Å²) in [5.74, 6) is -2.58. The average molecular weight is 423 g/mol. The molecule has 0 N–H and O–H groups in total. The second-order valence-electron chi connectivity index (χ2n) is 6.75. The van der Waals surface area contributed by atoms with E-state index in [1.807, 2.05) is 0 Å². The zero-order valence-corrected chi connectivity index (χ0v) is 16.5. The maximum atomic E-state index is 11.7. The molecule has 2 rings (SSSR count). The lowest BCUT2D eigenvalue weighted by Gasteiger charge is -2.47.